The second kappa shape index (κ2) is 8.43. The van der Waals surface area contributed by atoms with E-state index in [-0.39, 0.29) is 12.3 Å². The number of carboxylic acids is 1. The Bertz CT molecular complexity index is 476. The summed E-state index contributed by atoms with van der Waals surface area (Å²) in [5.41, 5.74) is 0.732. The first-order valence-corrected chi connectivity index (χ1v) is 6.72. The molecule has 0 saturated heterocycles. The molecule has 1 rings (SSSR count). The Morgan fingerprint density at radius 1 is 1.30 bits per heavy atom. The summed E-state index contributed by atoms with van der Waals surface area (Å²) in [6.07, 6.45) is 1.45. The standard InChI is InChI=1S/C14H18ClNO4/c1-20-12-6-4-5-11(15)10(12)9-16-13(17)7-2-3-8-14(18)19/h4-6H,2-3,7-9H2,1H3,(H,16,17)(H,18,19). The van der Waals surface area contributed by atoms with Gasteiger partial charge in [0.15, 0.2) is 0 Å². The zero-order valence-electron chi connectivity index (χ0n) is 11.3. The number of amides is 1. The van der Waals surface area contributed by atoms with Gasteiger partial charge in [0.2, 0.25) is 5.91 Å². The van der Waals surface area contributed by atoms with Crippen molar-refractivity contribution in [1.82, 2.24) is 5.32 Å². The Balaban J connectivity index is 2.39. The first-order chi connectivity index (χ1) is 9.54. The number of carbonyl (C=O) groups is 2. The first kappa shape index (κ1) is 16.3. The van der Waals surface area contributed by atoms with Gasteiger partial charge in [0.25, 0.3) is 0 Å². The summed E-state index contributed by atoms with van der Waals surface area (Å²) >= 11 is 6.06. The molecule has 20 heavy (non-hydrogen) atoms. The third-order valence-electron chi connectivity index (χ3n) is 2.80. The monoisotopic (exact) mass is 299 g/mol. The number of aliphatic carboxylic acids is 1. The van der Waals surface area contributed by atoms with Gasteiger partial charge in [0.1, 0.15) is 5.75 Å². The van der Waals surface area contributed by atoms with Crippen molar-refractivity contribution in [2.45, 2.75) is 32.2 Å². The van der Waals surface area contributed by atoms with Crippen molar-refractivity contribution in [3.05, 3.63) is 28.8 Å². The van der Waals surface area contributed by atoms with Crippen molar-refractivity contribution < 1.29 is 19.4 Å². The molecule has 0 atom stereocenters. The van der Waals surface area contributed by atoms with Crippen LogP contribution >= 0.6 is 11.6 Å². The van der Waals surface area contributed by atoms with E-state index in [1.54, 1.807) is 25.3 Å². The second-order valence-corrected chi connectivity index (χ2v) is 4.71. The van der Waals surface area contributed by atoms with Gasteiger partial charge >= 0.3 is 5.97 Å². The molecule has 1 aromatic carbocycles. The fraction of sp³-hybridized carbons (Fsp3) is 0.429. The molecule has 6 heteroatoms. The van der Waals surface area contributed by atoms with Crippen molar-refractivity contribution in [2.24, 2.45) is 0 Å². The molecule has 110 valence electrons. The third kappa shape index (κ3) is 5.48. The lowest BCUT2D eigenvalue weighted by atomic mass is 10.1. The van der Waals surface area contributed by atoms with Gasteiger partial charge in [0, 0.05) is 30.0 Å². The van der Waals surface area contributed by atoms with Crippen LogP contribution in [-0.2, 0) is 16.1 Å². The number of methoxy groups -OCH3 is 1. The highest BCUT2D eigenvalue weighted by Crippen LogP contribution is 2.25. The minimum Gasteiger partial charge on any atom is -0.496 e. The number of hydrogen-bond donors (Lipinski definition) is 2. The topological polar surface area (TPSA) is 75.6 Å². The Labute approximate surface area is 122 Å². The van der Waals surface area contributed by atoms with E-state index < -0.39 is 5.97 Å². The molecule has 0 aromatic heterocycles. The number of carbonyl (C=O) groups excluding carboxylic acids is 1. The summed E-state index contributed by atoms with van der Waals surface area (Å²) in [7, 11) is 1.54. The quantitative estimate of drug-likeness (QED) is 0.724. The van der Waals surface area contributed by atoms with Crippen molar-refractivity contribution >= 4 is 23.5 Å². The molecule has 0 unspecified atom stereocenters. The maximum atomic E-state index is 11.6. The third-order valence-corrected chi connectivity index (χ3v) is 3.16. The Kier molecular flexibility index (Phi) is 6.87. The van der Waals surface area contributed by atoms with Gasteiger partial charge in [-0.3, -0.25) is 9.59 Å². The van der Waals surface area contributed by atoms with Crippen LogP contribution in [0.5, 0.6) is 5.75 Å². The van der Waals surface area contributed by atoms with E-state index in [1.165, 1.54) is 0 Å². The van der Waals surface area contributed by atoms with Crippen LogP contribution in [0.3, 0.4) is 0 Å². The zero-order valence-corrected chi connectivity index (χ0v) is 12.1. The lowest BCUT2D eigenvalue weighted by Crippen LogP contribution is -2.22. The molecule has 1 aromatic rings. The lowest BCUT2D eigenvalue weighted by Gasteiger charge is -2.11. The molecule has 2 N–H and O–H groups in total. The van der Waals surface area contributed by atoms with Gasteiger partial charge in [-0.05, 0) is 25.0 Å². The summed E-state index contributed by atoms with van der Waals surface area (Å²) in [4.78, 5) is 22.0. The molecule has 0 aliphatic carbocycles. The average Bonchev–Trinajstić information content (AvgIpc) is 2.41. The van der Waals surface area contributed by atoms with E-state index in [2.05, 4.69) is 5.32 Å². The Morgan fingerprint density at radius 2 is 2.00 bits per heavy atom. The van der Waals surface area contributed by atoms with Gasteiger partial charge in [0.05, 0.1) is 7.11 Å². The van der Waals surface area contributed by atoms with Crippen LogP contribution in [-0.4, -0.2) is 24.1 Å². The predicted octanol–water partition coefficient (Wildman–Crippen LogP) is 2.61. The summed E-state index contributed by atoms with van der Waals surface area (Å²) in [5, 5.41) is 11.8. The van der Waals surface area contributed by atoms with Crippen LogP contribution in [0.4, 0.5) is 0 Å². The van der Waals surface area contributed by atoms with Gasteiger partial charge in [-0.2, -0.15) is 0 Å². The fourth-order valence-corrected chi connectivity index (χ4v) is 1.97. The van der Waals surface area contributed by atoms with Gasteiger partial charge in [-0.25, -0.2) is 0 Å². The highest BCUT2D eigenvalue weighted by Gasteiger charge is 2.09. The van der Waals surface area contributed by atoms with E-state index in [4.69, 9.17) is 21.4 Å². The molecule has 0 radical (unpaired) electrons. The molecule has 0 spiro atoms. The van der Waals surface area contributed by atoms with E-state index in [1.807, 2.05) is 0 Å². The largest absolute Gasteiger partial charge is 0.496 e. The molecule has 0 bridgehead atoms. The SMILES string of the molecule is COc1cccc(Cl)c1CNC(=O)CCCCC(=O)O. The number of hydrogen-bond acceptors (Lipinski definition) is 3. The molecule has 5 nitrogen and oxygen atoms in total. The molecule has 1 amide bonds. The van der Waals surface area contributed by atoms with E-state index in [0.717, 1.165) is 5.56 Å². The average molecular weight is 300 g/mol. The number of nitrogens with one attached hydrogen (secondary N) is 1. The lowest BCUT2D eigenvalue weighted by molar-refractivity contribution is -0.137. The van der Waals surface area contributed by atoms with E-state index >= 15 is 0 Å². The molecular formula is C14H18ClNO4. The van der Waals surface area contributed by atoms with Crippen LogP contribution in [0.15, 0.2) is 18.2 Å². The van der Waals surface area contributed by atoms with Crippen molar-refractivity contribution in [3.8, 4) is 5.75 Å². The van der Waals surface area contributed by atoms with Gasteiger partial charge in [-0.1, -0.05) is 17.7 Å². The number of rotatable bonds is 8. The number of unbranched alkanes of at least 4 members (excludes halogenated alkanes) is 1. The molecule has 0 aliphatic heterocycles. The molecular weight excluding hydrogens is 282 g/mol. The van der Waals surface area contributed by atoms with E-state index in [0.29, 0.717) is 36.6 Å². The maximum Gasteiger partial charge on any atom is 0.303 e. The van der Waals surface area contributed by atoms with Crippen LogP contribution in [0.25, 0.3) is 0 Å². The highest BCUT2D eigenvalue weighted by atomic mass is 35.5. The number of halogens is 1. The van der Waals surface area contributed by atoms with Crippen molar-refractivity contribution in [1.29, 1.82) is 0 Å². The normalized spacial score (nSPS) is 10.1. The van der Waals surface area contributed by atoms with Gasteiger partial charge < -0.3 is 15.2 Å². The minimum absolute atomic E-state index is 0.0889. The molecule has 0 aliphatic rings. The second-order valence-electron chi connectivity index (χ2n) is 4.30. The summed E-state index contributed by atoms with van der Waals surface area (Å²) < 4.78 is 5.18. The molecule has 0 heterocycles. The van der Waals surface area contributed by atoms with Gasteiger partial charge in [-0.15, -0.1) is 0 Å². The number of carboxylic acid groups (broad SMARTS) is 1. The Hall–Kier alpha value is -1.75. The summed E-state index contributed by atoms with van der Waals surface area (Å²) in [5.74, 6) is -0.341. The predicted molar refractivity (Wildman–Crippen MR) is 76.0 cm³/mol. The van der Waals surface area contributed by atoms with E-state index in [9.17, 15) is 9.59 Å². The Morgan fingerprint density at radius 3 is 2.65 bits per heavy atom. The number of ether oxygens (including phenoxy) is 1. The maximum absolute atomic E-state index is 11.6. The fourth-order valence-electron chi connectivity index (χ4n) is 1.74. The first-order valence-electron chi connectivity index (χ1n) is 6.34. The van der Waals surface area contributed by atoms with Crippen LogP contribution in [0, 0.1) is 0 Å². The van der Waals surface area contributed by atoms with Crippen molar-refractivity contribution in [3.63, 3.8) is 0 Å². The smallest absolute Gasteiger partial charge is 0.303 e. The minimum atomic E-state index is -0.841. The summed E-state index contributed by atoms with van der Waals surface area (Å²) in [6, 6.07) is 5.29. The van der Waals surface area contributed by atoms with Crippen molar-refractivity contribution in [2.75, 3.05) is 7.11 Å². The highest BCUT2D eigenvalue weighted by molar-refractivity contribution is 6.31. The van der Waals surface area contributed by atoms with Crippen LogP contribution in [0.1, 0.15) is 31.2 Å². The van der Waals surface area contributed by atoms with Crippen LogP contribution in [0.2, 0.25) is 5.02 Å². The molecule has 0 fully saturated rings. The summed E-state index contributed by atoms with van der Waals surface area (Å²) in [6.45, 7) is 0.292. The number of benzene rings is 1. The van der Waals surface area contributed by atoms with Crippen LogP contribution < -0.4 is 10.1 Å². The molecule has 0 saturated carbocycles. The zero-order chi connectivity index (χ0) is 15.0.